The highest BCUT2D eigenvalue weighted by Crippen LogP contribution is 2.28. The highest BCUT2D eigenvalue weighted by molar-refractivity contribution is 7.99. The van der Waals surface area contributed by atoms with Crippen LogP contribution in [0.3, 0.4) is 0 Å². The predicted molar refractivity (Wildman–Crippen MR) is 87.0 cm³/mol. The first-order valence-corrected chi connectivity index (χ1v) is 7.69. The Morgan fingerprint density at radius 2 is 2.05 bits per heavy atom. The van der Waals surface area contributed by atoms with Crippen LogP contribution in [0, 0.1) is 18.3 Å². The van der Waals surface area contributed by atoms with Crippen LogP contribution in [0.15, 0.2) is 48.1 Å². The van der Waals surface area contributed by atoms with Gasteiger partial charge in [0.05, 0.1) is 0 Å². The van der Waals surface area contributed by atoms with E-state index >= 15 is 0 Å². The molecule has 3 rings (SSSR count). The molecular formula is C16H13N5S. The van der Waals surface area contributed by atoms with Crippen molar-refractivity contribution < 1.29 is 0 Å². The average Bonchev–Trinajstić information content (AvgIpc) is 2.91. The molecule has 0 atom stereocenters. The Morgan fingerprint density at radius 3 is 2.73 bits per heavy atom. The molecule has 0 unspecified atom stereocenters. The molecule has 0 radical (unpaired) electrons. The van der Waals surface area contributed by atoms with E-state index in [1.165, 1.54) is 0 Å². The largest absolute Gasteiger partial charge is 0.271 e. The molecule has 0 amide bonds. The molecule has 3 aromatic rings. The summed E-state index contributed by atoms with van der Waals surface area (Å²) in [5.41, 5.74) is 2.45. The minimum atomic E-state index is 0.303. The smallest absolute Gasteiger partial charge is 0.175 e. The second-order valence-electron chi connectivity index (χ2n) is 4.57. The van der Waals surface area contributed by atoms with E-state index in [4.69, 9.17) is 0 Å². The van der Waals surface area contributed by atoms with Crippen LogP contribution in [0.1, 0.15) is 11.5 Å². The van der Waals surface area contributed by atoms with Crippen LogP contribution in [0.2, 0.25) is 0 Å². The van der Waals surface area contributed by atoms with Crippen LogP contribution in [0.25, 0.3) is 16.9 Å². The van der Waals surface area contributed by atoms with Crippen molar-refractivity contribution in [3.05, 3.63) is 54.5 Å². The Balaban J connectivity index is 2.33. The number of nitriles is 1. The van der Waals surface area contributed by atoms with Crippen molar-refractivity contribution in [1.29, 1.82) is 5.26 Å². The van der Waals surface area contributed by atoms with Gasteiger partial charge in [0.15, 0.2) is 16.5 Å². The minimum Gasteiger partial charge on any atom is -0.271 e. The van der Waals surface area contributed by atoms with Crippen molar-refractivity contribution in [3.8, 4) is 11.8 Å². The molecular weight excluding hydrogens is 294 g/mol. The Kier molecular flexibility index (Phi) is 3.90. The van der Waals surface area contributed by atoms with E-state index in [0.717, 1.165) is 16.6 Å². The number of para-hydroxylation sites is 1. The molecule has 22 heavy (non-hydrogen) atoms. The molecule has 1 aromatic carbocycles. The molecule has 108 valence electrons. The summed E-state index contributed by atoms with van der Waals surface area (Å²) in [5.74, 6) is 1.28. The predicted octanol–water partition coefficient (Wildman–Crippen LogP) is 3.27. The zero-order chi connectivity index (χ0) is 15.5. The van der Waals surface area contributed by atoms with Crippen molar-refractivity contribution in [1.82, 2.24) is 19.5 Å². The first-order chi connectivity index (χ1) is 10.7. The molecule has 0 aliphatic carbocycles. The highest BCUT2D eigenvalue weighted by Gasteiger charge is 2.18. The summed E-state index contributed by atoms with van der Waals surface area (Å²) < 4.78 is 1.96. The van der Waals surface area contributed by atoms with Gasteiger partial charge in [-0.1, -0.05) is 36.0 Å². The second kappa shape index (κ2) is 6.00. The van der Waals surface area contributed by atoms with Gasteiger partial charge >= 0.3 is 0 Å². The fourth-order valence-corrected chi connectivity index (χ4v) is 2.91. The van der Waals surface area contributed by atoms with Crippen LogP contribution >= 0.6 is 11.8 Å². The lowest BCUT2D eigenvalue weighted by atomic mass is 10.3. The summed E-state index contributed by atoms with van der Waals surface area (Å²) in [6.07, 6.45) is 1.82. The number of nitrogens with zero attached hydrogens (tertiary/aromatic N) is 5. The number of benzene rings is 1. The molecule has 0 aliphatic rings. The average molecular weight is 307 g/mol. The van der Waals surface area contributed by atoms with Crippen molar-refractivity contribution in [3.63, 3.8) is 0 Å². The summed E-state index contributed by atoms with van der Waals surface area (Å²) >= 11 is 1.55. The van der Waals surface area contributed by atoms with Crippen LogP contribution in [0.4, 0.5) is 0 Å². The fraction of sp³-hybridized carbons (Fsp3) is 0.125. The van der Waals surface area contributed by atoms with E-state index < -0.39 is 0 Å². The molecule has 0 saturated carbocycles. The maximum atomic E-state index is 9.29. The van der Waals surface area contributed by atoms with Crippen molar-refractivity contribution in [2.75, 3.05) is 5.75 Å². The van der Waals surface area contributed by atoms with Gasteiger partial charge in [-0.25, -0.2) is 15.0 Å². The van der Waals surface area contributed by atoms with E-state index in [1.807, 2.05) is 41.0 Å². The molecule has 0 spiro atoms. The van der Waals surface area contributed by atoms with Gasteiger partial charge in [0, 0.05) is 11.4 Å². The summed E-state index contributed by atoms with van der Waals surface area (Å²) in [4.78, 5) is 13.2. The molecule has 5 nitrogen and oxygen atoms in total. The van der Waals surface area contributed by atoms with Gasteiger partial charge < -0.3 is 0 Å². The fourth-order valence-electron chi connectivity index (χ4n) is 2.16. The maximum Gasteiger partial charge on any atom is 0.175 e. The van der Waals surface area contributed by atoms with Gasteiger partial charge in [0.25, 0.3) is 0 Å². The van der Waals surface area contributed by atoms with Crippen LogP contribution in [0.5, 0.6) is 0 Å². The third kappa shape index (κ3) is 2.47. The van der Waals surface area contributed by atoms with E-state index in [0.29, 0.717) is 22.7 Å². The van der Waals surface area contributed by atoms with Gasteiger partial charge in [-0.2, -0.15) is 5.26 Å². The van der Waals surface area contributed by atoms with Gasteiger partial charge in [0.2, 0.25) is 0 Å². The normalized spacial score (nSPS) is 10.5. The van der Waals surface area contributed by atoms with Crippen molar-refractivity contribution in [2.24, 2.45) is 0 Å². The molecule has 6 heteroatoms. The Labute approximate surface area is 132 Å². The SMILES string of the molecule is C=CCSc1nc2c(C#N)nc(C)nc2n1-c1ccccc1. The third-order valence-corrected chi connectivity index (χ3v) is 3.97. The lowest BCUT2D eigenvalue weighted by Gasteiger charge is -2.07. The van der Waals surface area contributed by atoms with E-state index in [1.54, 1.807) is 18.7 Å². The van der Waals surface area contributed by atoms with Crippen LogP contribution < -0.4 is 0 Å². The summed E-state index contributed by atoms with van der Waals surface area (Å²) in [5, 5.41) is 10.1. The topological polar surface area (TPSA) is 67.4 Å². The van der Waals surface area contributed by atoms with Crippen LogP contribution in [-0.4, -0.2) is 25.3 Å². The van der Waals surface area contributed by atoms with Crippen LogP contribution in [-0.2, 0) is 0 Å². The standard InChI is InChI=1S/C16H13N5S/c1-3-9-22-16-20-14-13(10-17)18-11(2)19-15(14)21(16)12-7-5-4-6-8-12/h3-8H,1,9H2,2H3. The number of aromatic nitrogens is 4. The molecule has 2 heterocycles. The van der Waals surface area contributed by atoms with Crippen molar-refractivity contribution in [2.45, 2.75) is 12.1 Å². The minimum absolute atomic E-state index is 0.303. The number of aryl methyl sites for hydroxylation is 1. The number of hydrogen-bond acceptors (Lipinski definition) is 5. The van der Waals surface area contributed by atoms with Gasteiger partial charge in [-0.05, 0) is 19.1 Å². The quantitative estimate of drug-likeness (QED) is 0.546. The second-order valence-corrected chi connectivity index (χ2v) is 5.56. The van der Waals surface area contributed by atoms with Gasteiger partial charge in [-0.15, -0.1) is 6.58 Å². The monoisotopic (exact) mass is 307 g/mol. The van der Waals surface area contributed by atoms with Crippen molar-refractivity contribution >= 4 is 22.9 Å². The first kappa shape index (κ1) is 14.3. The Hall–Kier alpha value is -2.65. The summed E-state index contributed by atoms with van der Waals surface area (Å²) in [6.45, 7) is 5.52. The summed E-state index contributed by atoms with van der Waals surface area (Å²) in [7, 11) is 0. The van der Waals surface area contributed by atoms with E-state index in [-0.39, 0.29) is 0 Å². The zero-order valence-electron chi connectivity index (χ0n) is 12.0. The van der Waals surface area contributed by atoms with E-state index in [2.05, 4.69) is 27.6 Å². The van der Waals surface area contributed by atoms with Gasteiger partial charge in [-0.3, -0.25) is 4.57 Å². The Bertz CT molecular complexity index is 877. The molecule has 0 N–H and O–H groups in total. The number of rotatable bonds is 4. The number of hydrogen-bond donors (Lipinski definition) is 0. The zero-order valence-corrected chi connectivity index (χ0v) is 12.8. The molecule has 0 aliphatic heterocycles. The lowest BCUT2D eigenvalue weighted by molar-refractivity contribution is 0.906. The Morgan fingerprint density at radius 1 is 1.27 bits per heavy atom. The number of imidazole rings is 1. The summed E-state index contributed by atoms with van der Waals surface area (Å²) in [6, 6.07) is 12.0. The third-order valence-electron chi connectivity index (χ3n) is 3.04. The first-order valence-electron chi connectivity index (χ1n) is 6.71. The maximum absolute atomic E-state index is 9.29. The van der Waals surface area contributed by atoms with E-state index in [9.17, 15) is 5.26 Å². The lowest BCUT2D eigenvalue weighted by Crippen LogP contribution is -2.00. The molecule has 0 fully saturated rings. The number of fused-ring (bicyclic) bond motifs is 1. The number of thioether (sulfide) groups is 1. The van der Waals surface area contributed by atoms with Gasteiger partial charge in [0.1, 0.15) is 17.4 Å². The molecule has 2 aromatic heterocycles. The molecule has 0 saturated heterocycles. The highest BCUT2D eigenvalue weighted by atomic mass is 32.2. The molecule has 0 bridgehead atoms.